The Balaban J connectivity index is 1.45. The van der Waals surface area contributed by atoms with Crippen LogP contribution >= 0.6 is 0 Å². The van der Waals surface area contributed by atoms with Crippen LogP contribution in [0, 0.1) is 6.92 Å². The van der Waals surface area contributed by atoms with Gasteiger partial charge in [0.2, 0.25) is 0 Å². The largest absolute Gasteiger partial charge is 0.519 e. The number of aliphatic hydroxyl groups is 1. The van der Waals surface area contributed by atoms with Gasteiger partial charge in [0, 0.05) is 18.5 Å². The number of aromatic nitrogens is 6. The number of carbonyl (C=O) groups is 1. The van der Waals surface area contributed by atoms with Crippen molar-refractivity contribution in [3.8, 4) is 22.5 Å². The lowest BCUT2D eigenvalue weighted by Gasteiger charge is -2.14. The van der Waals surface area contributed by atoms with Crippen LogP contribution < -0.4 is 5.82 Å². The van der Waals surface area contributed by atoms with Crippen molar-refractivity contribution >= 4 is 5.97 Å². The van der Waals surface area contributed by atoms with E-state index in [1.165, 1.54) is 0 Å². The van der Waals surface area contributed by atoms with Crippen LogP contribution in [0.5, 0.6) is 0 Å². The predicted molar refractivity (Wildman–Crippen MR) is 142 cm³/mol. The van der Waals surface area contributed by atoms with Gasteiger partial charge < -0.3 is 23.2 Å². The molecular weight excluding hydrogens is 516 g/mol. The minimum Gasteiger partial charge on any atom is -0.453 e. The van der Waals surface area contributed by atoms with E-state index in [1.807, 2.05) is 55.5 Å². The molecule has 5 aromatic rings. The number of nitrogens with zero attached hydrogens (tertiary/aromatic N) is 5. The molecule has 2 aromatic carbocycles. The lowest BCUT2D eigenvalue weighted by molar-refractivity contribution is 0.0423. The van der Waals surface area contributed by atoms with Gasteiger partial charge in [0.05, 0.1) is 6.10 Å². The zero-order valence-electron chi connectivity index (χ0n) is 22.2. The first-order valence-electron chi connectivity index (χ1n) is 12.8. The maximum Gasteiger partial charge on any atom is 0.519 e. The summed E-state index contributed by atoms with van der Waals surface area (Å²) < 4.78 is 17.0. The van der Waals surface area contributed by atoms with Crippen molar-refractivity contribution in [3.05, 3.63) is 93.4 Å². The summed E-state index contributed by atoms with van der Waals surface area (Å²) >= 11 is 0. The van der Waals surface area contributed by atoms with Crippen molar-refractivity contribution in [3.63, 3.8) is 0 Å². The fourth-order valence-electron chi connectivity index (χ4n) is 4.50. The molecule has 0 amide bonds. The van der Waals surface area contributed by atoms with Gasteiger partial charge >= 0.3 is 11.8 Å². The molecule has 0 radical (unpaired) electrons. The monoisotopic (exact) mass is 544 g/mol. The zero-order valence-corrected chi connectivity index (χ0v) is 22.2. The third-order valence-electron chi connectivity index (χ3n) is 6.44. The Bertz CT molecular complexity index is 1660. The Morgan fingerprint density at radius 3 is 2.50 bits per heavy atom. The molecule has 0 aliphatic heterocycles. The van der Waals surface area contributed by atoms with Crippen LogP contribution in [0.3, 0.4) is 0 Å². The molecule has 0 spiro atoms. The van der Waals surface area contributed by atoms with Crippen molar-refractivity contribution in [2.24, 2.45) is 0 Å². The fraction of sp³-hybridized carbons (Fsp3) is 0.286. The Morgan fingerprint density at radius 1 is 1.12 bits per heavy atom. The van der Waals surface area contributed by atoms with Gasteiger partial charge in [0.15, 0.2) is 29.6 Å². The lowest BCUT2D eigenvalue weighted by atomic mass is 9.98. The van der Waals surface area contributed by atoms with E-state index in [1.54, 1.807) is 18.4 Å². The zero-order chi connectivity index (χ0) is 28.2. The number of aliphatic hydroxyl groups excluding tert-OH is 1. The number of aromatic amines is 1. The minimum atomic E-state index is -1.00. The fourth-order valence-corrected chi connectivity index (χ4v) is 4.50. The number of rotatable bonds is 10. The lowest BCUT2D eigenvalue weighted by Crippen LogP contribution is -2.17. The van der Waals surface area contributed by atoms with Crippen molar-refractivity contribution < 1.29 is 23.5 Å². The van der Waals surface area contributed by atoms with E-state index in [2.05, 4.69) is 25.6 Å². The molecule has 1 unspecified atom stereocenters. The maximum absolute atomic E-state index is 13.3. The van der Waals surface area contributed by atoms with Crippen LogP contribution in [0.1, 0.15) is 65.5 Å². The van der Waals surface area contributed by atoms with E-state index in [0.29, 0.717) is 24.6 Å². The number of hydrogen-bond acceptors (Lipinski definition) is 10. The second-order valence-electron chi connectivity index (χ2n) is 9.28. The molecule has 3 heterocycles. The van der Waals surface area contributed by atoms with Crippen LogP contribution in [0.15, 0.2) is 62.2 Å². The highest BCUT2D eigenvalue weighted by Crippen LogP contribution is 2.30. The number of esters is 1. The molecule has 12 nitrogen and oxygen atoms in total. The van der Waals surface area contributed by atoms with Crippen molar-refractivity contribution in [1.82, 2.24) is 30.2 Å². The first-order chi connectivity index (χ1) is 19.4. The third-order valence-corrected chi connectivity index (χ3v) is 6.44. The standard InChI is InChI=1S/C28H28N6O6/c1-4-7-23-29-24(16(2)35)25(27(36)38-15-22-17(3)39-28(37)40-22)34(23)14-18-10-12-19(13-11-18)20-8-5-6-9-21(20)26-30-32-33-31-26/h5-6,8-13,16,35H,4,7,14-15H2,1-3H3,(H,30,31,32,33). The summed E-state index contributed by atoms with van der Waals surface area (Å²) in [5, 5.41) is 24.7. The number of benzene rings is 2. The van der Waals surface area contributed by atoms with Gasteiger partial charge in [-0.05, 0) is 47.4 Å². The quantitative estimate of drug-likeness (QED) is 0.246. The van der Waals surface area contributed by atoms with Gasteiger partial charge in [0.25, 0.3) is 0 Å². The maximum atomic E-state index is 13.3. The Labute approximate surface area is 228 Å². The summed E-state index contributed by atoms with van der Waals surface area (Å²) in [4.78, 5) is 29.3. The first kappa shape index (κ1) is 26.8. The molecule has 40 heavy (non-hydrogen) atoms. The van der Waals surface area contributed by atoms with Gasteiger partial charge in [-0.3, -0.25) is 0 Å². The number of H-pyrrole nitrogens is 1. The van der Waals surface area contributed by atoms with E-state index in [4.69, 9.17) is 13.6 Å². The van der Waals surface area contributed by atoms with Crippen LogP contribution in [-0.2, 0) is 24.3 Å². The minimum absolute atomic E-state index is 0.119. The summed E-state index contributed by atoms with van der Waals surface area (Å²) in [5.74, 6) is 0.0145. The van der Waals surface area contributed by atoms with Gasteiger partial charge in [-0.15, -0.1) is 5.10 Å². The van der Waals surface area contributed by atoms with Gasteiger partial charge in [-0.1, -0.05) is 55.5 Å². The number of tetrazole rings is 1. The van der Waals surface area contributed by atoms with Gasteiger partial charge in [-0.2, -0.15) is 0 Å². The van der Waals surface area contributed by atoms with E-state index in [-0.39, 0.29) is 29.5 Å². The predicted octanol–water partition coefficient (Wildman–Crippen LogP) is 4.00. The number of hydrogen-bond donors (Lipinski definition) is 2. The first-order valence-corrected chi connectivity index (χ1v) is 12.8. The van der Waals surface area contributed by atoms with Crippen LogP contribution in [-0.4, -0.2) is 41.3 Å². The second-order valence-corrected chi connectivity index (χ2v) is 9.28. The molecular formula is C28H28N6O6. The van der Waals surface area contributed by atoms with Crippen molar-refractivity contribution in [2.75, 3.05) is 0 Å². The Hall–Kier alpha value is -4.84. The molecule has 206 valence electrons. The Kier molecular flexibility index (Phi) is 7.69. The number of aryl methyl sites for hydroxylation is 2. The second kappa shape index (κ2) is 11.5. The molecule has 0 saturated heterocycles. The van der Waals surface area contributed by atoms with Crippen LogP contribution in [0.25, 0.3) is 22.5 Å². The average molecular weight is 545 g/mol. The van der Waals surface area contributed by atoms with E-state index in [9.17, 15) is 14.7 Å². The smallest absolute Gasteiger partial charge is 0.453 e. The molecule has 3 aromatic heterocycles. The summed E-state index contributed by atoms with van der Waals surface area (Å²) in [6.07, 6.45) is 0.382. The van der Waals surface area contributed by atoms with E-state index in [0.717, 1.165) is 28.7 Å². The molecule has 0 bridgehead atoms. The van der Waals surface area contributed by atoms with Gasteiger partial charge in [-0.25, -0.2) is 19.7 Å². The van der Waals surface area contributed by atoms with Gasteiger partial charge in [0.1, 0.15) is 11.5 Å². The highest BCUT2D eigenvalue weighted by Gasteiger charge is 2.27. The number of carbonyl (C=O) groups excluding carboxylic acids is 1. The molecule has 2 N–H and O–H groups in total. The number of ether oxygens (including phenoxy) is 1. The number of nitrogens with one attached hydrogen (secondary N) is 1. The summed E-state index contributed by atoms with van der Waals surface area (Å²) in [7, 11) is 0. The summed E-state index contributed by atoms with van der Waals surface area (Å²) in [6.45, 7) is 5.14. The molecule has 0 fully saturated rings. The average Bonchev–Trinajstić information content (AvgIpc) is 3.68. The van der Waals surface area contributed by atoms with Crippen molar-refractivity contribution in [2.45, 2.75) is 52.9 Å². The molecule has 0 aliphatic rings. The Morgan fingerprint density at radius 2 is 1.88 bits per heavy atom. The van der Waals surface area contributed by atoms with Crippen LogP contribution in [0.4, 0.5) is 0 Å². The number of imidazole rings is 1. The molecule has 0 saturated carbocycles. The summed E-state index contributed by atoms with van der Waals surface area (Å²) in [5.41, 5.74) is 4.09. The molecule has 1 atom stereocenters. The molecule has 0 aliphatic carbocycles. The third kappa shape index (κ3) is 5.47. The van der Waals surface area contributed by atoms with E-state index >= 15 is 0 Å². The summed E-state index contributed by atoms with van der Waals surface area (Å²) in [6, 6.07) is 15.7. The SMILES string of the molecule is CCCc1nc(C(C)O)c(C(=O)OCc2oc(=O)oc2C)n1Cc1ccc(-c2ccccc2-c2nnn[nH]2)cc1. The molecule has 5 rings (SSSR count). The molecule has 12 heteroatoms. The van der Waals surface area contributed by atoms with Crippen LogP contribution in [0.2, 0.25) is 0 Å². The van der Waals surface area contributed by atoms with E-state index < -0.39 is 17.9 Å². The van der Waals surface area contributed by atoms with Crippen molar-refractivity contribution in [1.29, 1.82) is 0 Å². The normalized spacial score (nSPS) is 12.0. The topological polar surface area (TPSA) is 162 Å². The highest BCUT2D eigenvalue weighted by atomic mass is 16.6. The highest BCUT2D eigenvalue weighted by molar-refractivity contribution is 5.89.